The van der Waals surface area contributed by atoms with Gasteiger partial charge in [-0.2, -0.15) is 5.10 Å². The summed E-state index contributed by atoms with van der Waals surface area (Å²) >= 11 is 7.94. The second-order valence-corrected chi connectivity index (χ2v) is 5.57. The third-order valence-corrected chi connectivity index (χ3v) is 4.15. The van der Waals surface area contributed by atoms with Crippen molar-refractivity contribution in [2.75, 3.05) is 7.05 Å². The summed E-state index contributed by atoms with van der Waals surface area (Å²) in [4.78, 5) is 1.17. The van der Waals surface area contributed by atoms with Crippen LogP contribution in [0.5, 0.6) is 0 Å². The predicted octanol–water partition coefficient (Wildman–Crippen LogP) is 3.25. The number of nitrogens with one attached hydrogen (secondary N) is 1. The summed E-state index contributed by atoms with van der Waals surface area (Å²) < 4.78 is 1.89. The molecule has 0 unspecified atom stereocenters. The third-order valence-electron chi connectivity index (χ3n) is 2.60. The minimum atomic E-state index is 0.763. The Balaban J connectivity index is 2.34. The van der Waals surface area contributed by atoms with Crippen molar-refractivity contribution in [3.63, 3.8) is 0 Å². The summed E-state index contributed by atoms with van der Waals surface area (Å²) in [6, 6.07) is 8.07. The third kappa shape index (κ3) is 2.88. The van der Waals surface area contributed by atoms with E-state index in [1.54, 1.807) is 11.8 Å². The number of rotatable bonds is 4. The van der Waals surface area contributed by atoms with Gasteiger partial charge in [0.15, 0.2) is 0 Å². The number of aryl methyl sites for hydroxylation is 2. The molecule has 0 saturated carbocycles. The summed E-state index contributed by atoms with van der Waals surface area (Å²) in [6.07, 6.45) is 0. The first-order chi connectivity index (χ1) is 8.61. The molecule has 3 nitrogen and oxygen atoms in total. The van der Waals surface area contributed by atoms with Crippen LogP contribution in [0.3, 0.4) is 0 Å². The van der Waals surface area contributed by atoms with Gasteiger partial charge < -0.3 is 5.32 Å². The summed E-state index contributed by atoms with van der Waals surface area (Å²) in [5.41, 5.74) is 2.16. The van der Waals surface area contributed by atoms with Crippen molar-refractivity contribution in [1.29, 1.82) is 0 Å². The second-order valence-electron chi connectivity index (χ2n) is 4.10. The molecule has 0 bridgehead atoms. The molecule has 2 aromatic rings. The van der Waals surface area contributed by atoms with Crippen molar-refractivity contribution in [3.8, 4) is 0 Å². The van der Waals surface area contributed by atoms with Crippen LogP contribution in [0.2, 0.25) is 5.02 Å². The largest absolute Gasteiger partial charge is 0.316 e. The van der Waals surface area contributed by atoms with Crippen molar-refractivity contribution in [2.24, 2.45) is 7.05 Å². The second kappa shape index (κ2) is 5.78. The lowest BCUT2D eigenvalue weighted by Gasteiger charge is -2.10. The summed E-state index contributed by atoms with van der Waals surface area (Å²) in [7, 11) is 3.88. The van der Waals surface area contributed by atoms with Gasteiger partial charge in [0, 0.05) is 23.5 Å². The van der Waals surface area contributed by atoms with Crippen molar-refractivity contribution in [1.82, 2.24) is 15.1 Å². The molecule has 0 fully saturated rings. The highest BCUT2D eigenvalue weighted by atomic mass is 35.5. The standard InChI is InChI=1S/C13H16ClN3S/c1-9-7-13(17(3)16-9)18-12-6-4-5-11(14)10(12)8-15-2/h4-7,15H,8H2,1-3H3. The van der Waals surface area contributed by atoms with Crippen LogP contribution in [-0.4, -0.2) is 16.8 Å². The van der Waals surface area contributed by atoms with Gasteiger partial charge in [0.25, 0.3) is 0 Å². The zero-order chi connectivity index (χ0) is 13.1. The SMILES string of the molecule is CNCc1c(Cl)cccc1Sc1cc(C)nn1C. The number of nitrogens with zero attached hydrogens (tertiary/aromatic N) is 2. The summed E-state index contributed by atoms with van der Waals surface area (Å²) in [5.74, 6) is 0. The lowest BCUT2D eigenvalue weighted by atomic mass is 10.2. The minimum absolute atomic E-state index is 0.763. The number of hydrogen-bond donors (Lipinski definition) is 1. The maximum absolute atomic E-state index is 6.24. The first-order valence-corrected chi connectivity index (χ1v) is 6.91. The zero-order valence-electron chi connectivity index (χ0n) is 10.7. The molecule has 1 aromatic heterocycles. The van der Waals surface area contributed by atoms with E-state index in [0.717, 1.165) is 27.9 Å². The van der Waals surface area contributed by atoms with E-state index < -0.39 is 0 Å². The Hall–Kier alpha value is -0.970. The van der Waals surface area contributed by atoms with Gasteiger partial charge in [-0.05, 0) is 37.7 Å². The average Bonchev–Trinajstić information content (AvgIpc) is 2.62. The van der Waals surface area contributed by atoms with E-state index in [-0.39, 0.29) is 0 Å². The molecule has 0 spiro atoms. The molecule has 96 valence electrons. The topological polar surface area (TPSA) is 29.9 Å². The van der Waals surface area contributed by atoms with Crippen LogP contribution in [0.25, 0.3) is 0 Å². The lowest BCUT2D eigenvalue weighted by molar-refractivity contribution is 0.692. The average molecular weight is 282 g/mol. The zero-order valence-corrected chi connectivity index (χ0v) is 12.3. The Morgan fingerprint density at radius 2 is 2.22 bits per heavy atom. The van der Waals surface area contributed by atoms with E-state index in [9.17, 15) is 0 Å². The molecule has 5 heteroatoms. The quantitative estimate of drug-likeness (QED) is 0.933. The van der Waals surface area contributed by atoms with Crippen LogP contribution in [0, 0.1) is 6.92 Å². The number of benzene rings is 1. The molecule has 1 aromatic carbocycles. The van der Waals surface area contributed by atoms with Crippen molar-refractivity contribution >= 4 is 23.4 Å². The summed E-state index contributed by atoms with van der Waals surface area (Å²) in [5, 5.41) is 9.42. The Labute approximate surface area is 117 Å². The smallest absolute Gasteiger partial charge is 0.0987 e. The van der Waals surface area contributed by atoms with E-state index in [2.05, 4.69) is 22.5 Å². The maximum Gasteiger partial charge on any atom is 0.0987 e. The van der Waals surface area contributed by atoms with E-state index in [4.69, 9.17) is 11.6 Å². The molecule has 0 aliphatic heterocycles. The molecular formula is C13H16ClN3S. The lowest BCUT2D eigenvalue weighted by Crippen LogP contribution is -2.07. The first-order valence-electron chi connectivity index (χ1n) is 5.72. The van der Waals surface area contributed by atoms with Gasteiger partial charge in [-0.3, -0.25) is 4.68 Å². The number of aromatic nitrogens is 2. The Bertz CT molecular complexity index is 551. The Kier molecular flexibility index (Phi) is 4.32. The number of hydrogen-bond acceptors (Lipinski definition) is 3. The molecular weight excluding hydrogens is 266 g/mol. The van der Waals surface area contributed by atoms with Crippen molar-refractivity contribution in [3.05, 3.63) is 40.5 Å². The Morgan fingerprint density at radius 3 is 2.83 bits per heavy atom. The van der Waals surface area contributed by atoms with Gasteiger partial charge in [0.2, 0.25) is 0 Å². The molecule has 18 heavy (non-hydrogen) atoms. The fourth-order valence-electron chi connectivity index (χ4n) is 1.78. The normalized spacial score (nSPS) is 10.9. The van der Waals surface area contributed by atoms with E-state index in [1.165, 1.54) is 4.90 Å². The van der Waals surface area contributed by atoms with Gasteiger partial charge in [-0.15, -0.1) is 0 Å². The Morgan fingerprint density at radius 1 is 1.44 bits per heavy atom. The first kappa shape index (κ1) is 13.5. The highest BCUT2D eigenvalue weighted by Gasteiger charge is 2.10. The predicted molar refractivity (Wildman–Crippen MR) is 76.3 cm³/mol. The van der Waals surface area contributed by atoms with Gasteiger partial charge >= 0.3 is 0 Å². The van der Waals surface area contributed by atoms with E-state index in [0.29, 0.717) is 0 Å². The van der Waals surface area contributed by atoms with Crippen LogP contribution >= 0.6 is 23.4 Å². The van der Waals surface area contributed by atoms with Gasteiger partial charge in [-0.1, -0.05) is 29.4 Å². The molecule has 1 heterocycles. The van der Waals surface area contributed by atoms with Crippen LogP contribution in [-0.2, 0) is 13.6 Å². The molecule has 1 N–H and O–H groups in total. The maximum atomic E-state index is 6.24. The van der Waals surface area contributed by atoms with E-state index in [1.807, 2.05) is 37.8 Å². The summed E-state index contributed by atoms with van der Waals surface area (Å²) in [6.45, 7) is 2.76. The van der Waals surface area contributed by atoms with Crippen molar-refractivity contribution in [2.45, 2.75) is 23.4 Å². The van der Waals surface area contributed by atoms with Crippen LogP contribution in [0.15, 0.2) is 34.2 Å². The van der Waals surface area contributed by atoms with Crippen LogP contribution < -0.4 is 5.32 Å². The monoisotopic (exact) mass is 281 g/mol. The van der Waals surface area contributed by atoms with Gasteiger partial charge in [-0.25, -0.2) is 0 Å². The molecule has 0 radical (unpaired) electrons. The van der Waals surface area contributed by atoms with E-state index >= 15 is 0 Å². The molecule has 2 rings (SSSR count). The molecule has 0 aliphatic rings. The number of halogens is 1. The van der Waals surface area contributed by atoms with Gasteiger partial charge in [0.05, 0.1) is 10.7 Å². The fraction of sp³-hybridized carbons (Fsp3) is 0.308. The molecule has 0 saturated heterocycles. The van der Waals surface area contributed by atoms with Crippen LogP contribution in [0.1, 0.15) is 11.3 Å². The minimum Gasteiger partial charge on any atom is -0.316 e. The van der Waals surface area contributed by atoms with Crippen LogP contribution in [0.4, 0.5) is 0 Å². The highest BCUT2D eigenvalue weighted by Crippen LogP contribution is 2.33. The fourth-order valence-corrected chi connectivity index (χ4v) is 3.15. The van der Waals surface area contributed by atoms with Crippen molar-refractivity contribution < 1.29 is 0 Å². The molecule has 0 atom stereocenters. The molecule has 0 amide bonds. The molecule has 0 aliphatic carbocycles. The van der Waals surface area contributed by atoms with Gasteiger partial charge in [0.1, 0.15) is 0 Å². The highest BCUT2D eigenvalue weighted by molar-refractivity contribution is 7.99.